The highest BCUT2D eigenvalue weighted by atomic mass is 16.5. The Morgan fingerprint density at radius 1 is 1.30 bits per heavy atom. The molecule has 0 amide bonds. The number of aliphatic hydroxyl groups is 1. The van der Waals surface area contributed by atoms with Gasteiger partial charge in [0.25, 0.3) is 0 Å². The number of carboxylic acid groups (broad SMARTS) is 1. The standard InChI is InChI=1S/C10H21N5O5/c1-4(7(12)8(17)18)20-9(19)6(11)2-5(16)3-15-10(13)14/h4-7,16H,2-3,11-12H2,1H3,(H,17,18)(H4,13,14,15)/t4-,5?,6+,7+/m1/s1. The first-order valence-electron chi connectivity index (χ1n) is 5.83. The Morgan fingerprint density at radius 2 is 1.85 bits per heavy atom. The monoisotopic (exact) mass is 291 g/mol. The lowest BCUT2D eigenvalue weighted by Crippen LogP contribution is -2.46. The Balaban J connectivity index is 4.28. The Kier molecular flexibility index (Phi) is 7.51. The maximum Gasteiger partial charge on any atom is 0.324 e. The number of aliphatic imine (C=N–C) groups is 1. The second-order valence-corrected chi connectivity index (χ2v) is 4.27. The fraction of sp³-hybridized carbons (Fsp3) is 0.700. The normalized spacial score (nSPS) is 16.6. The molecule has 20 heavy (non-hydrogen) atoms. The molecule has 0 aliphatic carbocycles. The van der Waals surface area contributed by atoms with Crippen LogP contribution in [-0.4, -0.2) is 58.9 Å². The molecule has 4 atom stereocenters. The highest BCUT2D eigenvalue weighted by Crippen LogP contribution is 2.04. The quantitative estimate of drug-likeness (QED) is 0.150. The number of carbonyl (C=O) groups excluding carboxylic acids is 1. The summed E-state index contributed by atoms with van der Waals surface area (Å²) in [5.74, 6) is -2.36. The first-order valence-corrected chi connectivity index (χ1v) is 5.83. The van der Waals surface area contributed by atoms with Crippen molar-refractivity contribution in [2.45, 2.75) is 37.6 Å². The van der Waals surface area contributed by atoms with Crippen molar-refractivity contribution in [3.8, 4) is 0 Å². The van der Waals surface area contributed by atoms with E-state index in [9.17, 15) is 14.7 Å². The van der Waals surface area contributed by atoms with Crippen molar-refractivity contribution < 1.29 is 24.5 Å². The van der Waals surface area contributed by atoms with Gasteiger partial charge in [-0.15, -0.1) is 0 Å². The first-order chi connectivity index (χ1) is 9.15. The lowest BCUT2D eigenvalue weighted by Gasteiger charge is -2.20. The van der Waals surface area contributed by atoms with Crippen LogP contribution in [0, 0.1) is 0 Å². The molecule has 10 N–H and O–H groups in total. The Labute approximate surface area is 115 Å². The zero-order valence-corrected chi connectivity index (χ0v) is 11.1. The van der Waals surface area contributed by atoms with Crippen molar-refractivity contribution >= 4 is 17.9 Å². The van der Waals surface area contributed by atoms with Gasteiger partial charge in [-0.05, 0) is 6.92 Å². The van der Waals surface area contributed by atoms with Gasteiger partial charge in [0.05, 0.1) is 12.6 Å². The van der Waals surface area contributed by atoms with Crippen molar-refractivity contribution in [2.75, 3.05) is 6.54 Å². The SMILES string of the molecule is C[C@@H](OC(=O)[C@@H](N)CC(O)CN=C(N)N)[C@H](N)C(=O)O. The van der Waals surface area contributed by atoms with Gasteiger partial charge < -0.3 is 37.9 Å². The second-order valence-electron chi connectivity index (χ2n) is 4.27. The molecule has 0 aliphatic rings. The van der Waals surface area contributed by atoms with Crippen LogP contribution in [0.15, 0.2) is 4.99 Å². The van der Waals surface area contributed by atoms with Gasteiger partial charge in [-0.25, -0.2) is 0 Å². The van der Waals surface area contributed by atoms with Crippen molar-refractivity contribution in [3.05, 3.63) is 0 Å². The zero-order chi connectivity index (χ0) is 15.9. The fourth-order valence-electron chi connectivity index (χ4n) is 1.22. The molecule has 10 heteroatoms. The van der Waals surface area contributed by atoms with E-state index < -0.39 is 36.2 Å². The summed E-state index contributed by atoms with van der Waals surface area (Å²) in [6.07, 6.45) is -2.20. The van der Waals surface area contributed by atoms with Gasteiger partial charge in [-0.3, -0.25) is 14.6 Å². The number of hydrogen-bond donors (Lipinski definition) is 6. The molecule has 0 radical (unpaired) electrons. The lowest BCUT2D eigenvalue weighted by molar-refractivity contribution is -0.155. The van der Waals surface area contributed by atoms with Gasteiger partial charge >= 0.3 is 11.9 Å². The topological polar surface area (TPSA) is 200 Å². The molecule has 0 saturated heterocycles. The van der Waals surface area contributed by atoms with Crippen LogP contribution in [0.3, 0.4) is 0 Å². The van der Waals surface area contributed by atoms with E-state index in [4.69, 9.17) is 32.8 Å². The van der Waals surface area contributed by atoms with Crippen LogP contribution in [0.4, 0.5) is 0 Å². The van der Waals surface area contributed by atoms with Crippen molar-refractivity contribution in [2.24, 2.45) is 27.9 Å². The minimum atomic E-state index is -1.35. The molecule has 0 heterocycles. The Bertz CT molecular complexity index is 371. The molecule has 0 spiro atoms. The molecule has 10 nitrogen and oxygen atoms in total. The summed E-state index contributed by atoms with van der Waals surface area (Å²) in [4.78, 5) is 25.7. The number of aliphatic carboxylic acids is 1. The van der Waals surface area contributed by atoms with E-state index in [2.05, 4.69) is 4.99 Å². The summed E-state index contributed by atoms with van der Waals surface area (Å²) in [6.45, 7) is 1.23. The maximum absolute atomic E-state index is 11.6. The predicted octanol–water partition coefficient (Wildman–Crippen LogP) is -3.32. The van der Waals surface area contributed by atoms with Crippen LogP contribution < -0.4 is 22.9 Å². The van der Waals surface area contributed by atoms with Crippen LogP contribution in [-0.2, 0) is 14.3 Å². The van der Waals surface area contributed by atoms with E-state index in [-0.39, 0.29) is 18.9 Å². The third-order valence-electron chi connectivity index (χ3n) is 2.41. The zero-order valence-electron chi connectivity index (χ0n) is 11.1. The van der Waals surface area contributed by atoms with E-state index in [0.717, 1.165) is 0 Å². The Morgan fingerprint density at radius 3 is 2.30 bits per heavy atom. The molecular formula is C10H21N5O5. The highest BCUT2D eigenvalue weighted by molar-refractivity contribution is 5.78. The molecule has 0 aromatic heterocycles. The van der Waals surface area contributed by atoms with Crippen molar-refractivity contribution in [1.29, 1.82) is 0 Å². The fourth-order valence-corrected chi connectivity index (χ4v) is 1.22. The molecule has 1 unspecified atom stereocenters. The summed E-state index contributed by atoms with van der Waals surface area (Å²) in [5, 5.41) is 18.2. The van der Waals surface area contributed by atoms with Crippen molar-refractivity contribution in [3.63, 3.8) is 0 Å². The van der Waals surface area contributed by atoms with Crippen LogP contribution in [0.25, 0.3) is 0 Å². The third-order valence-corrected chi connectivity index (χ3v) is 2.41. The summed E-state index contributed by atoms with van der Waals surface area (Å²) >= 11 is 0. The van der Waals surface area contributed by atoms with Crippen LogP contribution >= 0.6 is 0 Å². The molecule has 0 aromatic carbocycles. The summed E-state index contributed by atoms with van der Waals surface area (Å²) in [5.41, 5.74) is 21.0. The number of nitrogens with zero attached hydrogens (tertiary/aromatic N) is 1. The molecule has 0 bridgehead atoms. The number of guanidine groups is 1. The molecule has 0 fully saturated rings. The number of carbonyl (C=O) groups is 2. The number of nitrogens with two attached hydrogens (primary N) is 4. The predicted molar refractivity (Wildman–Crippen MR) is 70.4 cm³/mol. The summed E-state index contributed by atoms with van der Waals surface area (Å²) in [6, 6.07) is -2.49. The van der Waals surface area contributed by atoms with E-state index in [1.165, 1.54) is 6.92 Å². The molecule has 0 saturated carbocycles. The molecule has 116 valence electrons. The number of esters is 1. The number of hydrogen-bond acceptors (Lipinski definition) is 7. The maximum atomic E-state index is 11.6. The molecule has 0 aliphatic heterocycles. The van der Waals surface area contributed by atoms with Gasteiger partial charge in [-0.2, -0.15) is 0 Å². The Hall–Kier alpha value is -1.91. The number of ether oxygens (including phenoxy) is 1. The van der Waals surface area contributed by atoms with Gasteiger partial charge in [0.1, 0.15) is 18.2 Å². The highest BCUT2D eigenvalue weighted by Gasteiger charge is 2.27. The average Bonchev–Trinajstić information content (AvgIpc) is 2.34. The van der Waals surface area contributed by atoms with Gasteiger partial charge in [0.15, 0.2) is 5.96 Å². The molecule has 0 rings (SSSR count). The minimum Gasteiger partial charge on any atom is -0.480 e. The van der Waals surface area contributed by atoms with E-state index >= 15 is 0 Å². The first kappa shape index (κ1) is 18.1. The van der Waals surface area contributed by atoms with Crippen LogP contribution in [0.2, 0.25) is 0 Å². The molecular weight excluding hydrogens is 270 g/mol. The van der Waals surface area contributed by atoms with Gasteiger partial charge in [-0.1, -0.05) is 0 Å². The number of carboxylic acids is 1. The summed E-state index contributed by atoms with van der Waals surface area (Å²) in [7, 11) is 0. The van der Waals surface area contributed by atoms with E-state index in [1.807, 2.05) is 0 Å². The third kappa shape index (κ3) is 6.87. The van der Waals surface area contributed by atoms with Gasteiger partial charge in [0, 0.05) is 6.42 Å². The minimum absolute atomic E-state index is 0.104. The largest absolute Gasteiger partial charge is 0.480 e. The summed E-state index contributed by atoms with van der Waals surface area (Å²) < 4.78 is 4.80. The van der Waals surface area contributed by atoms with Crippen molar-refractivity contribution in [1.82, 2.24) is 0 Å². The van der Waals surface area contributed by atoms with E-state index in [0.29, 0.717) is 0 Å². The molecule has 0 aromatic rings. The van der Waals surface area contributed by atoms with Crippen LogP contribution in [0.5, 0.6) is 0 Å². The lowest BCUT2D eigenvalue weighted by atomic mass is 10.1. The van der Waals surface area contributed by atoms with Gasteiger partial charge in [0.2, 0.25) is 0 Å². The second kappa shape index (κ2) is 8.30. The van der Waals surface area contributed by atoms with E-state index in [1.54, 1.807) is 0 Å². The number of rotatable bonds is 8. The number of aliphatic hydroxyl groups excluding tert-OH is 1. The van der Waals surface area contributed by atoms with Crippen LogP contribution in [0.1, 0.15) is 13.3 Å². The smallest absolute Gasteiger partial charge is 0.324 e. The average molecular weight is 291 g/mol.